The topological polar surface area (TPSA) is 61.8 Å². The summed E-state index contributed by atoms with van der Waals surface area (Å²) in [6.07, 6.45) is 0.969. The number of esters is 1. The van der Waals surface area contributed by atoms with Gasteiger partial charge in [-0.05, 0) is 19.9 Å². The van der Waals surface area contributed by atoms with Gasteiger partial charge in [0.05, 0.1) is 13.0 Å². The zero-order chi connectivity index (χ0) is 11.9. The molecule has 0 saturated carbocycles. The first kappa shape index (κ1) is 10.7. The zero-order valence-corrected chi connectivity index (χ0v) is 9.27. The molecule has 2 aliphatic heterocycles. The standard InChI is InChI=1S/C11H12O5/c1-5(12)9-6(2)15-11-7(9)4-8(16-11)10(13)14-3/h4,7,11H,1-3H3/t7-,11-/m1/s1. The van der Waals surface area contributed by atoms with E-state index in [4.69, 9.17) is 9.47 Å². The number of carbonyl (C=O) groups is 2. The fourth-order valence-electron chi connectivity index (χ4n) is 1.97. The highest BCUT2D eigenvalue weighted by atomic mass is 16.7. The number of ether oxygens (including phenoxy) is 3. The minimum atomic E-state index is -0.604. The molecule has 0 spiro atoms. The van der Waals surface area contributed by atoms with Crippen molar-refractivity contribution in [1.82, 2.24) is 0 Å². The maximum absolute atomic E-state index is 11.4. The van der Waals surface area contributed by atoms with Crippen LogP contribution in [0.4, 0.5) is 0 Å². The van der Waals surface area contributed by atoms with Gasteiger partial charge in [-0.3, -0.25) is 4.79 Å². The molecule has 2 rings (SSSR count). The molecule has 0 aromatic carbocycles. The second kappa shape index (κ2) is 3.66. The van der Waals surface area contributed by atoms with E-state index in [2.05, 4.69) is 4.74 Å². The van der Waals surface area contributed by atoms with E-state index in [1.807, 2.05) is 0 Å². The van der Waals surface area contributed by atoms with E-state index in [0.717, 1.165) is 0 Å². The van der Waals surface area contributed by atoms with Gasteiger partial charge < -0.3 is 14.2 Å². The largest absolute Gasteiger partial charge is 0.463 e. The Balaban J connectivity index is 2.28. The van der Waals surface area contributed by atoms with Crippen LogP contribution in [0.5, 0.6) is 0 Å². The molecule has 2 atom stereocenters. The van der Waals surface area contributed by atoms with Crippen molar-refractivity contribution in [2.24, 2.45) is 5.92 Å². The molecule has 0 bridgehead atoms. The molecule has 0 N–H and O–H groups in total. The molecule has 2 heterocycles. The maximum atomic E-state index is 11.4. The minimum absolute atomic E-state index is 0.0732. The van der Waals surface area contributed by atoms with Crippen LogP contribution in [0.2, 0.25) is 0 Å². The molecule has 0 saturated heterocycles. The highest BCUT2D eigenvalue weighted by molar-refractivity contribution is 5.96. The third kappa shape index (κ3) is 1.48. The van der Waals surface area contributed by atoms with Gasteiger partial charge in [0.15, 0.2) is 5.78 Å². The van der Waals surface area contributed by atoms with E-state index < -0.39 is 12.3 Å². The number of hydrogen-bond donors (Lipinski definition) is 0. The van der Waals surface area contributed by atoms with Gasteiger partial charge in [-0.15, -0.1) is 0 Å². The summed E-state index contributed by atoms with van der Waals surface area (Å²) in [6.45, 7) is 3.18. The molecule has 0 radical (unpaired) electrons. The SMILES string of the molecule is COC(=O)C1=C[C@@H]2C(C(C)=O)=C(C)O[C@@H]2O1. The highest BCUT2D eigenvalue weighted by Crippen LogP contribution is 2.39. The van der Waals surface area contributed by atoms with Crippen LogP contribution in [0.3, 0.4) is 0 Å². The van der Waals surface area contributed by atoms with Crippen molar-refractivity contribution in [3.63, 3.8) is 0 Å². The van der Waals surface area contributed by atoms with Crippen molar-refractivity contribution in [3.05, 3.63) is 23.2 Å². The zero-order valence-electron chi connectivity index (χ0n) is 9.27. The molecule has 0 fully saturated rings. The van der Waals surface area contributed by atoms with Crippen LogP contribution in [0.1, 0.15) is 13.8 Å². The van der Waals surface area contributed by atoms with Gasteiger partial charge in [-0.1, -0.05) is 0 Å². The van der Waals surface area contributed by atoms with Gasteiger partial charge in [-0.2, -0.15) is 0 Å². The number of rotatable bonds is 2. The maximum Gasteiger partial charge on any atom is 0.373 e. The predicted molar refractivity (Wildman–Crippen MR) is 52.9 cm³/mol. The molecule has 0 unspecified atom stereocenters. The van der Waals surface area contributed by atoms with Crippen molar-refractivity contribution in [3.8, 4) is 0 Å². The summed E-state index contributed by atoms with van der Waals surface area (Å²) >= 11 is 0. The van der Waals surface area contributed by atoms with Crippen molar-refractivity contribution in [1.29, 1.82) is 0 Å². The average Bonchev–Trinajstić information content (AvgIpc) is 2.71. The van der Waals surface area contributed by atoms with E-state index >= 15 is 0 Å². The number of methoxy groups -OCH3 is 1. The van der Waals surface area contributed by atoms with Crippen LogP contribution in [0, 0.1) is 5.92 Å². The number of allylic oxidation sites excluding steroid dienone is 1. The second-order valence-electron chi connectivity index (χ2n) is 3.68. The molecule has 5 heteroatoms. The normalized spacial score (nSPS) is 26.8. The molecule has 0 aromatic heterocycles. The molecule has 16 heavy (non-hydrogen) atoms. The van der Waals surface area contributed by atoms with Crippen LogP contribution in [-0.2, 0) is 23.8 Å². The Labute approximate surface area is 92.7 Å². The Morgan fingerprint density at radius 3 is 2.62 bits per heavy atom. The van der Waals surface area contributed by atoms with Crippen LogP contribution in [0.25, 0.3) is 0 Å². The van der Waals surface area contributed by atoms with Crippen LogP contribution < -0.4 is 0 Å². The monoisotopic (exact) mass is 224 g/mol. The van der Waals surface area contributed by atoms with Crippen molar-refractivity contribution in [2.45, 2.75) is 20.1 Å². The first-order valence-electron chi connectivity index (χ1n) is 4.89. The molecule has 2 aliphatic rings. The summed E-state index contributed by atoms with van der Waals surface area (Å²) in [4.78, 5) is 22.6. The molecular formula is C11H12O5. The molecule has 86 valence electrons. The van der Waals surface area contributed by atoms with Crippen molar-refractivity contribution >= 4 is 11.8 Å². The lowest BCUT2D eigenvalue weighted by atomic mass is 9.97. The summed E-state index contributed by atoms with van der Waals surface area (Å²) in [5.41, 5.74) is 0.559. The quantitative estimate of drug-likeness (QED) is 0.652. The second-order valence-corrected chi connectivity index (χ2v) is 3.68. The van der Waals surface area contributed by atoms with Gasteiger partial charge in [0.1, 0.15) is 5.76 Å². The van der Waals surface area contributed by atoms with Gasteiger partial charge in [0.2, 0.25) is 5.76 Å². The number of Topliss-reactive ketones (excluding diaryl/α,β-unsaturated/α-hetero) is 1. The van der Waals surface area contributed by atoms with Gasteiger partial charge in [0, 0.05) is 5.57 Å². The lowest BCUT2D eigenvalue weighted by Gasteiger charge is -2.11. The first-order chi connectivity index (χ1) is 7.54. The summed E-state index contributed by atoms with van der Waals surface area (Å²) in [5.74, 6) is -0.271. The number of fused-ring (bicyclic) bond motifs is 1. The highest BCUT2D eigenvalue weighted by Gasteiger charge is 2.43. The Kier molecular flexibility index (Phi) is 2.46. The molecule has 5 nitrogen and oxygen atoms in total. The lowest BCUT2D eigenvalue weighted by molar-refractivity contribution is -0.145. The number of ketones is 1. The minimum Gasteiger partial charge on any atom is -0.463 e. The number of carbonyl (C=O) groups excluding carboxylic acids is 2. The Bertz CT molecular complexity index is 418. The van der Waals surface area contributed by atoms with Crippen LogP contribution >= 0.6 is 0 Å². The summed E-state index contributed by atoms with van der Waals surface area (Å²) in [7, 11) is 1.27. The van der Waals surface area contributed by atoms with Crippen molar-refractivity contribution < 1.29 is 23.8 Å². The molecule has 0 amide bonds. The van der Waals surface area contributed by atoms with Crippen LogP contribution in [-0.4, -0.2) is 25.2 Å². The smallest absolute Gasteiger partial charge is 0.373 e. The molecular weight excluding hydrogens is 212 g/mol. The van der Waals surface area contributed by atoms with Gasteiger partial charge >= 0.3 is 5.97 Å². The van der Waals surface area contributed by atoms with Crippen LogP contribution in [0.15, 0.2) is 23.2 Å². The van der Waals surface area contributed by atoms with E-state index in [1.165, 1.54) is 14.0 Å². The van der Waals surface area contributed by atoms with E-state index in [1.54, 1.807) is 13.0 Å². The van der Waals surface area contributed by atoms with Gasteiger partial charge in [0.25, 0.3) is 6.29 Å². The van der Waals surface area contributed by atoms with E-state index in [9.17, 15) is 9.59 Å². The summed E-state index contributed by atoms with van der Waals surface area (Å²) in [5, 5.41) is 0. The fourth-order valence-corrected chi connectivity index (χ4v) is 1.97. The Morgan fingerprint density at radius 2 is 2.06 bits per heavy atom. The third-order valence-electron chi connectivity index (χ3n) is 2.64. The summed E-state index contributed by atoms with van der Waals surface area (Å²) in [6, 6.07) is 0. The third-order valence-corrected chi connectivity index (χ3v) is 2.64. The number of hydrogen-bond acceptors (Lipinski definition) is 5. The first-order valence-corrected chi connectivity index (χ1v) is 4.89. The molecule has 0 aromatic rings. The predicted octanol–water partition coefficient (Wildman–Crippen LogP) is 0.909. The Morgan fingerprint density at radius 1 is 1.38 bits per heavy atom. The average molecular weight is 224 g/mol. The van der Waals surface area contributed by atoms with Gasteiger partial charge in [-0.25, -0.2) is 4.79 Å². The lowest BCUT2D eigenvalue weighted by Crippen LogP contribution is -2.17. The summed E-state index contributed by atoms with van der Waals surface area (Å²) < 4.78 is 15.2. The fraction of sp³-hybridized carbons (Fsp3) is 0.455. The Hall–Kier alpha value is -1.78. The van der Waals surface area contributed by atoms with Crippen molar-refractivity contribution in [2.75, 3.05) is 7.11 Å². The molecule has 0 aliphatic carbocycles. The van der Waals surface area contributed by atoms with E-state index in [-0.39, 0.29) is 17.5 Å². The van der Waals surface area contributed by atoms with E-state index in [0.29, 0.717) is 11.3 Å².